The van der Waals surface area contributed by atoms with E-state index in [1.54, 1.807) is 0 Å². The first-order valence-electron chi connectivity index (χ1n) is 10.7. The number of aromatic amines is 1. The van der Waals surface area contributed by atoms with Crippen molar-refractivity contribution in [2.24, 2.45) is 5.41 Å². The molecule has 4 nitrogen and oxygen atoms in total. The van der Waals surface area contributed by atoms with Crippen LogP contribution < -0.4 is 0 Å². The highest BCUT2D eigenvalue weighted by molar-refractivity contribution is 5.58. The van der Waals surface area contributed by atoms with Gasteiger partial charge in [-0.25, -0.2) is 9.97 Å². The van der Waals surface area contributed by atoms with Gasteiger partial charge in [0.1, 0.15) is 0 Å². The SMILES string of the molecule is CC(C)c1cccc(C(C)C)c1-n1ccnc1-c1ncc(C(C)(C)C(C)(C)C)[nH]1. The van der Waals surface area contributed by atoms with Crippen LogP contribution in [0.15, 0.2) is 36.8 Å². The van der Waals surface area contributed by atoms with Gasteiger partial charge >= 0.3 is 0 Å². The second-order valence-corrected chi connectivity index (χ2v) is 10.2. The van der Waals surface area contributed by atoms with Crippen LogP contribution in [0.3, 0.4) is 0 Å². The molecular formula is C25H36N4. The lowest BCUT2D eigenvalue weighted by molar-refractivity contribution is 0.220. The van der Waals surface area contributed by atoms with Crippen molar-refractivity contribution >= 4 is 0 Å². The maximum Gasteiger partial charge on any atom is 0.180 e. The van der Waals surface area contributed by atoms with Crippen molar-refractivity contribution in [3.8, 4) is 17.3 Å². The van der Waals surface area contributed by atoms with Crippen LogP contribution in [0, 0.1) is 5.41 Å². The van der Waals surface area contributed by atoms with Gasteiger partial charge in [0.25, 0.3) is 0 Å². The van der Waals surface area contributed by atoms with Crippen LogP contribution in [-0.4, -0.2) is 19.5 Å². The summed E-state index contributed by atoms with van der Waals surface area (Å²) in [4.78, 5) is 13.0. The molecule has 0 saturated carbocycles. The van der Waals surface area contributed by atoms with Crippen molar-refractivity contribution in [3.05, 3.63) is 53.6 Å². The lowest BCUT2D eigenvalue weighted by atomic mass is 9.67. The first-order valence-corrected chi connectivity index (χ1v) is 10.7. The third kappa shape index (κ3) is 3.77. The number of hydrogen-bond acceptors (Lipinski definition) is 2. The molecule has 29 heavy (non-hydrogen) atoms. The minimum absolute atomic E-state index is 0.0331. The molecule has 0 amide bonds. The lowest BCUT2D eigenvalue weighted by Gasteiger charge is -2.37. The van der Waals surface area contributed by atoms with Gasteiger partial charge in [-0.1, -0.05) is 80.5 Å². The maximum absolute atomic E-state index is 4.73. The molecule has 4 heteroatoms. The molecule has 0 bridgehead atoms. The number of nitrogens with zero attached hydrogens (tertiary/aromatic N) is 3. The van der Waals surface area contributed by atoms with Crippen molar-refractivity contribution in [1.82, 2.24) is 19.5 Å². The molecular weight excluding hydrogens is 356 g/mol. The van der Waals surface area contributed by atoms with Crippen molar-refractivity contribution < 1.29 is 0 Å². The van der Waals surface area contributed by atoms with Gasteiger partial charge in [0.15, 0.2) is 11.6 Å². The molecule has 0 saturated heterocycles. The summed E-state index contributed by atoms with van der Waals surface area (Å²) in [6.07, 6.45) is 5.89. The quantitative estimate of drug-likeness (QED) is 0.517. The molecule has 0 aliphatic rings. The largest absolute Gasteiger partial charge is 0.339 e. The van der Waals surface area contributed by atoms with E-state index >= 15 is 0 Å². The van der Waals surface area contributed by atoms with Crippen LogP contribution in [0.1, 0.15) is 91.0 Å². The van der Waals surface area contributed by atoms with E-state index in [4.69, 9.17) is 9.97 Å². The Balaban J connectivity index is 2.16. The van der Waals surface area contributed by atoms with E-state index in [0.29, 0.717) is 11.8 Å². The maximum atomic E-state index is 4.73. The molecule has 0 radical (unpaired) electrons. The predicted molar refractivity (Wildman–Crippen MR) is 122 cm³/mol. The van der Waals surface area contributed by atoms with Gasteiger partial charge in [-0.05, 0) is 28.4 Å². The zero-order valence-corrected chi connectivity index (χ0v) is 19.5. The van der Waals surface area contributed by atoms with Gasteiger partial charge in [-0.3, -0.25) is 4.57 Å². The Morgan fingerprint density at radius 1 is 0.897 bits per heavy atom. The Bertz CT molecular complexity index is 954. The average molecular weight is 393 g/mol. The number of H-pyrrole nitrogens is 1. The average Bonchev–Trinajstić information content (AvgIpc) is 3.29. The molecule has 156 valence electrons. The summed E-state index contributed by atoms with van der Waals surface area (Å²) >= 11 is 0. The van der Waals surface area contributed by atoms with Crippen molar-refractivity contribution in [2.45, 2.75) is 79.6 Å². The molecule has 3 rings (SSSR count). The minimum Gasteiger partial charge on any atom is -0.339 e. The molecule has 0 aliphatic carbocycles. The highest BCUT2D eigenvalue weighted by Gasteiger charge is 2.36. The Hall–Kier alpha value is -2.36. The molecule has 0 fully saturated rings. The van der Waals surface area contributed by atoms with E-state index in [0.717, 1.165) is 17.3 Å². The van der Waals surface area contributed by atoms with Crippen LogP contribution in [-0.2, 0) is 5.41 Å². The summed E-state index contributed by atoms with van der Waals surface area (Å²) in [6, 6.07) is 6.62. The van der Waals surface area contributed by atoms with Crippen LogP contribution >= 0.6 is 0 Å². The normalized spacial score (nSPS) is 12.9. The van der Waals surface area contributed by atoms with Gasteiger partial charge in [-0.2, -0.15) is 0 Å². The summed E-state index contributed by atoms with van der Waals surface area (Å²) < 4.78 is 2.21. The van der Waals surface area contributed by atoms with Gasteiger partial charge < -0.3 is 4.98 Å². The summed E-state index contributed by atoms with van der Waals surface area (Å²) in [5.74, 6) is 2.52. The smallest absolute Gasteiger partial charge is 0.180 e. The molecule has 2 heterocycles. The number of imidazole rings is 2. The minimum atomic E-state index is -0.0331. The van der Waals surface area contributed by atoms with Gasteiger partial charge in [0.05, 0.1) is 5.69 Å². The first kappa shape index (κ1) is 21.4. The van der Waals surface area contributed by atoms with E-state index in [1.807, 2.05) is 12.4 Å². The Morgan fingerprint density at radius 2 is 1.48 bits per heavy atom. The second-order valence-electron chi connectivity index (χ2n) is 10.2. The molecule has 0 spiro atoms. The van der Waals surface area contributed by atoms with E-state index in [-0.39, 0.29) is 10.8 Å². The number of benzene rings is 1. The standard InChI is InChI=1S/C25H36N4/c1-16(2)18-11-10-12-19(17(3)4)21(18)29-14-13-26-23(29)22-27-15-20(28-22)25(8,9)24(5,6)7/h10-17H,1-9H3,(H,27,28). The Kier molecular flexibility index (Phi) is 5.50. The molecule has 2 aromatic heterocycles. The van der Waals surface area contributed by atoms with Crippen molar-refractivity contribution in [1.29, 1.82) is 0 Å². The number of para-hydroxylation sites is 1. The fourth-order valence-corrected chi connectivity index (χ4v) is 3.61. The lowest BCUT2D eigenvalue weighted by Crippen LogP contribution is -2.34. The summed E-state index contributed by atoms with van der Waals surface area (Å²) in [5.41, 5.74) is 5.11. The number of aromatic nitrogens is 4. The second kappa shape index (κ2) is 7.47. The summed E-state index contributed by atoms with van der Waals surface area (Å²) in [6.45, 7) is 20.3. The molecule has 1 N–H and O–H groups in total. The van der Waals surface area contributed by atoms with E-state index in [1.165, 1.54) is 16.8 Å². The fourth-order valence-electron chi connectivity index (χ4n) is 3.61. The highest BCUT2D eigenvalue weighted by Crippen LogP contribution is 2.40. The molecule has 3 aromatic rings. The topological polar surface area (TPSA) is 46.5 Å². The molecule has 0 unspecified atom stereocenters. The first-order chi connectivity index (χ1) is 13.4. The van der Waals surface area contributed by atoms with E-state index < -0.39 is 0 Å². The van der Waals surface area contributed by atoms with E-state index in [9.17, 15) is 0 Å². The van der Waals surface area contributed by atoms with E-state index in [2.05, 4.69) is 96.3 Å². The molecule has 0 aliphatic heterocycles. The Labute approximate surface area is 175 Å². The monoisotopic (exact) mass is 392 g/mol. The van der Waals surface area contributed by atoms with Gasteiger partial charge in [0, 0.05) is 29.7 Å². The Morgan fingerprint density at radius 3 is 2.00 bits per heavy atom. The molecule has 0 atom stereocenters. The van der Waals surface area contributed by atoms with Crippen molar-refractivity contribution in [3.63, 3.8) is 0 Å². The summed E-state index contributed by atoms with van der Waals surface area (Å²) in [5, 5.41) is 0. The van der Waals surface area contributed by atoms with Crippen LogP contribution in [0.25, 0.3) is 17.3 Å². The third-order valence-electron chi connectivity index (χ3n) is 6.56. The van der Waals surface area contributed by atoms with Crippen molar-refractivity contribution in [2.75, 3.05) is 0 Å². The van der Waals surface area contributed by atoms with Gasteiger partial charge in [-0.15, -0.1) is 0 Å². The third-order valence-corrected chi connectivity index (χ3v) is 6.56. The predicted octanol–water partition coefficient (Wildman–Crippen LogP) is 6.83. The van der Waals surface area contributed by atoms with Crippen LogP contribution in [0.5, 0.6) is 0 Å². The number of hydrogen-bond donors (Lipinski definition) is 1. The highest BCUT2D eigenvalue weighted by atomic mass is 15.1. The van der Waals surface area contributed by atoms with Gasteiger partial charge in [0.2, 0.25) is 0 Å². The zero-order chi connectivity index (χ0) is 21.6. The number of nitrogens with one attached hydrogen (secondary N) is 1. The zero-order valence-electron chi connectivity index (χ0n) is 19.5. The summed E-state index contributed by atoms with van der Waals surface area (Å²) in [7, 11) is 0. The van der Waals surface area contributed by atoms with Crippen LogP contribution in [0.4, 0.5) is 0 Å². The van der Waals surface area contributed by atoms with Crippen LogP contribution in [0.2, 0.25) is 0 Å². The molecule has 1 aromatic carbocycles. The number of rotatable bonds is 5. The fraction of sp³-hybridized carbons (Fsp3) is 0.520.